The molecule has 0 aromatic carbocycles. The molecule has 0 spiro atoms. The monoisotopic (exact) mass is 249 g/mol. The molecule has 0 saturated carbocycles. The van der Waals surface area contributed by atoms with Crippen LogP contribution < -0.4 is 11.2 Å². The minimum Gasteiger partial charge on any atom is -0.465 e. The van der Waals surface area contributed by atoms with Crippen LogP contribution in [-0.4, -0.2) is 27.2 Å². The Bertz CT molecular complexity index is 757. The second kappa shape index (κ2) is 4.10. The van der Waals surface area contributed by atoms with Crippen LogP contribution >= 0.6 is 0 Å². The molecule has 0 aliphatic carbocycles. The molecular formula is C11H11N3O4. The molecule has 0 amide bonds. The fourth-order valence-electron chi connectivity index (χ4n) is 1.69. The number of hydrogen-bond donors (Lipinski definition) is 0. The van der Waals surface area contributed by atoms with E-state index in [4.69, 9.17) is 0 Å². The molecule has 0 fully saturated rings. The van der Waals surface area contributed by atoms with E-state index in [0.717, 1.165) is 4.57 Å². The molecule has 2 aromatic rings. The third-order valence-electron chi connectivity index (χ3n) is 2.71. The summed E-state index contributed by atoms with van der Waals surface area (Å²) >= 11 is 0. The second-order valence-electron chi connectivity index (χ2n) is 3.79. The summed E-state index contributed by atoms with van der Waals surface area (Å²) in [5.41, 5.74) is -0.561. The number of hydrogen-bond acceptors (Lipinski definition) is 5. The average Bonchev–Trinajstić information content (AvgIpc) is 2.41. The van der Waals surface area contributed by atoms with Gasteiger partial charge in [-0.2, -0.15) is 0 Å². The fraction of sp³-hybridized carbons (Fsp3) is 0.273. The molecule has 2 heterocycles. The maximum Gasteiger partial charge on any atom is 0.339 e. The number of pyridine rings is 1. The molecule has 0 aliphatic rings. The highest BCUT2D eigenvalue weighted by Crippen LogP contribution is 2.08. The van der Waals surface area contributed by atoms with Gasteiger partial charge in [-0.15, -0.1) is 0 Å². The standard InChI is InChI=1S/C11H11N3O4/c1-13-8-7(9(15)14(2)11(13)17)4-6(5-12-8)10(16)18-3/h4-5H,1-3H3. The van der Waals surface area contributed by atoms with E-state index in [0.29, 0.717) is 0 Å². The molecule has 0 aliphatic heterocycles. The van der Waals surface area contributed by atoms with E-state index < -0.39 is 17.2 Å². The molecular weight excluding hydrogens is 238 g/mol. The highest BCUT2D eigenvalue weighted by Gasteiger charge is 2.13. The van der Waals surface area contributed by atoms with Crippen molar-refractivity contribution in [2.75, 3.05) is 7.11 Å². The lowest BCUT2D eigenvalue weighted by Crippen LogP contribution is -2.37. The van der Waals surface area contributed by atoms with Crippen molar-refractivity contribution in [3.63, 3.8) is 0 Å². The van der Waals surface area contributed by atoms with E-state index in [1.807, 2.05) is 0 Å². The van der Waals surface area contributed by atoms with Crippen LogP contribution in [0.4, 0.5) is 0 Å². The first-order valence-corrected chi connectivity index (χ1v) is 5.11. The summed E-state index contributed by atoms with van der Waals surface area (Å²) in [6.45, 7) is 0. The van der Waals surface area contributed by atoms with Crippen LogP contribution in [0.15, 0.2) is 21.9 Å². The van der Waals surface area contributed by atoms with E-state index >= 15 is 0 Å². The van der Waals surface area contributed by atoms with Crippen LogP contribution in [0.25, 0.3) is 11.0 Å². The SMILES string of the molecule is COC(=O)c1cnc2c(c1)c(=O)n(C)c(=O)n2C. The fourth-order valence-corrected chi connectivity index (χ4v) is 1.69. The maximum atomic E-state index is 11.9. The van der Waals surface area contributed by atoms with Crippen molar-refractivity contribution in [1.29, 1.82) is 0 Å². The number of carbonyl (C=O) groups is 1. The quantitative estimate of drug-likeness (QED) is 0.631. The molecule has 0 radical (unpaired) electrons. The summed E-state index contributed by atoms with van der Waals surface area (Å²) in [6, 6.07) is 1.37. The molecule has 7 nitrogen and oxygen atoms in total. The largest absolute Gasteiger partial charge is 0.465 e. The van der Waals surface area contributed by atoms with Gasteiger partial charge in [0.05, 0.1) is 18.1 Å². The molecule has 2 aromatic heterocycles. The van der Waals surface area contributed by atoms with Gasteiger partial charge < -0.3 is 4.74 Å². The van der Waals surface area contributed by atoms with E-state index in [2.05, 4.69) is 9.72 Å². The third kappa shape index (κ3) is 1.60. The van der Waals surface area contributed by atoms with Gasteiger partial charge in [0.2, 0.25) is 0 Å². The van der Waals surface area contributed by atoms with E-state index in [-0.39, 0.29) is 16.6 Å². The minimum absolute atomic E-state index is 0.167. The summed E-state index contributed by atoms with van der Waals surface area (Å²) < 4.78 is 6.76. The summed E-state index contributed by atoms with van der Waals surface area (Å²) in [7, 11) is 4.12. The van der Waals surface area contributed by atoms with Crippen molar-refractivity contribution in [2.24, 2.45) is 14.1 Å². The van der Waals surface area contributed by atoms with Gasteiger partial charge in [0.25, 0.3) is 5.56 Å². The summed E-state index contributed by atoms with van der Waals surface area (Å²) in [5, 5.41) is 0.197. The van der Waals surface area contributed by atoms with Crippen molar-refractivity contribution in [2.45, 2.75) is 0 Å². The lowest BCUT2D eigenvalue weighted by Gasteiger charge is -2.07. The number of aromatic nitrogens is 3. The van der Waals surface area contributed by atoms with Crippen molar-refractivity contribution in [3.05, 3.63) is 38.7 Å². The Balaban J connectivity index is 2.91. The Morgan fingerprint density at radius 1 is 1.28 bits per heavy atom. The predicted molar refractivity (Wildman–Crippen MR) is 63.6 cm³/mol. The van der Waals surface area contributed by atoms with Gasteiger partial charge in [0.1, 0.15) is 5.65 Å². The van der Waals surface area contributed by atoms with Gasteiger partial charge in [-0.1, -0.05) is 0 Å². The van der Waals surface area contributed by atoms with E-state index in [1.165, 1.54) is 38.0 Å². The Morgan fingerprint density at radius 3 is 2.56 bits per heavy atom. The first-order chi connectivity index (χ1) is 8.47. The smallest absolute Gasteiger partial charge is 0.339 e. The third-order valence-corrected chi connectivity index (χ3v) is 2.71. The van der Waals surface area contributed by atoms with Crippen LogP contribution in [0.1, 0.15) is 10.4 Å². The maximum absolute atomic E-state index is 11.9. The molecule has 7 heteroatoms. The molecule has 2 rings (SSSR count). The second-order valence-corrected chi connectivity index (χ2v) is 3.79. The number of esters is 1. The first kappa shape index (κ1) is 12.0. The number of methoxy groups -OCH3 is 1. The number of aryl methyl sites for hydroxylation is 1. The average molecular weight is 249 g/mol. The first-order valence-electron chi connectivity index (χ1n) is 5.11. The van der Waals surface area contributed by atoms with Crippen LogP contribution in [0.3, 0.4) is 0 Å². The van der Waals surface area contributed by atoms with E-state index in [9.17, 15) is 14.4 Å². The van der Waals surface area contributed by atoms with Crippen LogP contribution in [0.2, 0.25) is 0 Å². The molecule has 0 saturated heterocycles. The van der Waals surface area contributed by atoms with E-state index in [1.54, 1.807) is 0 Å². The predicted octanol–water partition coefficient (Wildman–Crippen LogP) is -0.581. The van der Waals surface area contributed by atoms with Crippen molar-refractivity contribution < 1.29 is 9.53 Å². The lowest BCUT2D eigenvalue weighted by atomic mass is 10.2. The van der Waals surface area contributed by atoms with Gasteiger partial charge >= 0.3 is 11.7 Å². The Labute approximate surface area is 101 Å². The molecule has 94 valence electrons. The van der Waals surface area contributed by atoms with Crippen LogP contribution in [0, 0.1) is 0 Å². The molecule has 18 heavy (non-hydrogen) atoms. The highest BCUT2D eigenvalue weighted by atomic mass is 16.5. The van der Waals surface area contributed by atoms with Gasteiger partial charge in [0.15, 0.2) is 0 Å². The van der Waals surface area contributed by atoms with Gasteiger partial charge in [-0.05, 0) is 6.07 Å². The zero-order valence-corrected chi connectivity index (χ0v) is 10.1. The molecule has 0 unspecified atom stereocenters. The summed E-state index contributed by atoms with van der Waals surface area (Å²) in [5.74, 6) is -0.583. The Kier molecular flexibility index (Phi) is 2.74. The number of nitrogens with zero attached hydrogens (tertiary/aromatic N) is 3. The van der Waals surface area contributed by atoms with Crippen molar-refractivity contribution in [1.82, 2.24) is 14.1 Å². The summed E-state index contributed by atoms with van der Waals surface area (Å²) in [4.78, 5) is 38.9. The highest BCUT2D eigenvalue weighted by molar-refractivity contribution is 5.92. The van der Waals surface area contributed by atoms with Crippen LogP contribution in [0.5, 0.6) is 0 Å². The van der Waals surface area contributed by atoms with Gasteiger partial charge in [-0.25, -0.2) is 14.6 Å². The number of ether oxygens (including phenoxy) is 1. The van der Waals surface area contributed by atoms with Gasteiger partial charge in [-0.3, -0.25) is 13.9 Å². The number of rotatable bonds is 1. The van der Waals surface area contributed by atoms with Crippen molar-refractivity contribution >= 4 is 17.0 Å². The minimum atomic E-state index is -0.583. The van der Waals surface area contributed by atoms with Crippen LogP contribution in [-0.2, 0) is 18.8 Å². The molecule has 0 atom stereocenters. The normalized spacial score (nSPS) is 10.6. The van der Waals surface area contributed by atoms with Gasteiger partial charge in [0, 0.05) is 20.3 Å². The van der Waals surface area contributed by atoms with Crippen molar-refractivity contribution in [3.8, 4) is 0 Å². The molecule has 0 bridgehead atoms. The zero-order valence-electron chi connectivity index (χ0n) is 10.1. The number of carbonyl (C=O) groups excluding carboxylic acids is 1. The number of fused-ring (bicyclic) bond motifs is 1. The summed E-state index contributed by atoms with van der Waals surface area (Å²) in [6.07, 6.45) is 1.27. The molecule has 0 N–H and O–H groups in total. The Morgan fingerprint density at radius 2 is 1.94 bits per heavy atom. The lowest BCUT2D eigenvalue weighted by molar-refractivity contribution is 0.0600. The topological polar surface area (TPSA) is 83.2 Å². The zero-order chi connectivity index (χ0) is 13.4. The Hall–Kier alpha value is -2.44.